The van der Waals surface area contributed by atoms with E-state index in [0.717, 1.165) is 0 Å². The average Bonchev–Trinajstić information content (AvgIpc) is 2.84. The molecule has 0 saturated carbocycles. The molecule has 0 bridgehead atoms. The monoisotopic (exact) mass is 373 g/mol. The number of nitrogens with zero attached hydrogens (tertiary/aromatic N) is 3. The molecule has 2 heterocycles. The molecule has 0 spiro atoms. The van der Waals surface area contributed by atoms with Gasteiger partial charge in [0.05, 0.1) is 11.2 Å². The molecule has 1 N–H and O–H groups in total. The lowest BCUT2D eigenvalue weighted by molar-refractivity contribution is -0.0769. The molecule has 0 saturated heterocycles. The van der Waals surface area contributed by atoms with Gasteiger partial charge in [-0.15, -0.1) is 0 Å². The number of ether oxygens (including phenoxy) is 1. The first-order valence-corrected chi connectivity index (χ1v) is 8.69. The second kappa shape index (κ2) is 6.90. The molecule has 144 valence electrons. The van der Waals surface area contributed by atoms with Crippen LogP contribution in [-0.4, -0.2) is 26.3 Å². The van der Waals surface area contributed by atoms with Gasteiger partial charge in [-0.1, -0.05) is 26.8 Å². The fraction of sp³-hybridized carbons (Fsp3) is 0.400. The zero-order valence-electron chi connectivity index (χ0n) is 16.2. The van der Waals surface area contributed by atoms with E-state index in [1.165, 1.54) is 29.9 Å². The first kappa shape index (κ1) is 19.3. The van der Waals surface area contributed by atoms with Crippen molar-refractivity contribution in [1.29, 1.82) is 0 Å². The molecule has 3 aromatic rings. The predicted molar refractivity (Wildman–Crippen MR) is 102 cm³/mol. The Bertz CT molecular complexity index is 1050. The molecule has 0 aliphatic carbocycles. The summed E-state index contributed by atoms with van der Waals surface area (Å²) in [5.74, 6) is -0.465. The van der Waals surface area contributed by atoms with Gasteiger partial charge in [-0.25, -0.2) is 14.2 Å². The largest absolute Gasteiger partial charge is 0.364 e. The van der Waals surface area contributed by atoms with Crippen molar-refractivity contribution in [1.82, 2.24) is 14.1 Å². The van der Waals surface area contributed by atoms with Crippen LogP contribution in [0.15, 0.2) is 35.1 Å². The summed E-state index contributed by atoms with van der Waals surface area (Å²) in [6, 6.07) is 7.69. The summed E-state index contributed by atoms with van der Waals surface area (Å²) in [5.41, 5.74) is 2.00. The van der Waals surface area contributed by atoms with E-state index in [9.17, 15) is 14.3 Å². The number of aliphatic hydroxyl groups is 1. The van der Waals surface area contributed by atoms with E-state index in [1.807, 2.05) is 0 Å². The molecule has 0 amide bonds. The lowest BCUT2D eigenvalue weighted by atomic mass is 9.97. The molecule has 0 fully saturated rings. The second-order valence-corrected chi connectivity index (χ2v) is 7.85. The molecule has 3 rings (SSSR count). The summed E-state index contributed by atoms with van der Waals surface area (Å²) >= 11 is 0. The molecular formula is C20H24FN3O3. The molecule has 0 aliphatic heterocycles. The molecule has 0 aliphatic rings. The van der Waals surface area contributed by atoms with Gasteiger partial charge in [-0.2, -0.15) is 0 Å². The van der Waals surface area contributed by atoms with Gasteiger partial charge in [0.25, 0.3) is 0 Å². The van der Waals surface area contributed by atoms with Crippen LogP contribution in [-0.2, 0) is 18.3 Å². The first-order valence-electron chi connectivity index (χ1n) is 8.69. The quantitative estimate of drug-likeness (QED) is 0.713. The second-order valence-electron chi connectivity index (χ2n) is 7.85. The zero-order valence-corrected chi connectivity index (χ0v) is 16.2. The van der Waals surface area contributed by atoms with Gasteiger partial charge in [0, 0.05) is 31.8 Å². The highest BCUT2D eigenvalue weighted by Gasteiger charge is 2.20. The van der Waals surface area contributed by atoms with E-state index < -0.39 is 12.1 Å². The average molecular weight is 373 g/mol. The van der Waals surface area contributed by atoms with Crippen LogP contribution in [0.1, 0.15) is 32.6 Å². The number of pyridine rings is 1. The summed E-state index contributed by atoms with van der Waals surface area (Å²) in [6.45, 7) is 6.72. The van der Waals surface area contributed by atoms with Crippen LogP contribution in [0.25, 0.3) is 22.4 Å². The Kier molecular flexibility index (Phi) is 4.92. The van der Waals surface area contributed by atoms with Gasteiger partial charge in [0.15, 0.2) is 11.9 Å². The van der Waals surface area contributed by atoms with Crippen molar-refractivity contribution in [3.05, 3.63) is 52.2 Å². The van der Waals surface area contributed by atoms with Crippen molar-refractivity contribution in [2.75, 3.05) is 7.11 Å². The van der Waals surface area contributed by atoms with E-state index in [4.69, 9.17) is 4.74 Å². The summed E-state index contributed by atoms with van der Waals surface area (Å²) in [5, 5.41) is 9.84. The smallest absolute Gasteiger partial charge is 0.330 e. The number of aryl methyl sites for hydroxylation is 1. The van der Waals surface area contributed by atoms with Crippen molar-refractivity contribution in [3.8, 4) is 11.3 Å². The van der Waals surface area contributed by atoms with E-state index in [2.05, 4.69) is 25.8 Å². The maximum atomic E-state index is 14.4. The van der Waals surface area contributed by atoms with Gasteiger partial charge >= 0.3 is 5.69 Å². The Morgan fingerprint density at radius 1 is 1.26 bits per heavy atom. The van der Waals surface area contributed by atoms with Gasteiger partial charge in [-0.3, -0.25) is 9.13 Å². The number of rotatable bonds is 4. The molecular weight excluding hydrogens is 349 g/mol. The highest BCUT2D eigenvalue weighted by molar-refractivity contribution is 5.76. The number of aromatic nitrogens is 3. The third-order valence-electron chi connectivity index (χ3n) is 4.39. The number of hydrogen-bond acceptors (Lipinski definition) is 4. The van der Waals surface area contributed by atoms with Gasteiger partial charge < -0.3 is 9.84 Å². The molecule has 2 aromatic heterocycles. The molecule has 1 unspecified atom stereocenters. The van der Waals surface area contributed by atoms with Crippen LogP contribution in [0.5, 0.6) is 0 Å². The van der Waals surface area contributed by atoms with E-state index in [-0.39, 0.29) is 16.7 Å². The predicted octanol–water partition coefficient (Wildman–Crippen LogP) is 3.22. The van der Waals surface area contributed by atoms with Crippen molar-refractivity contribution < 1.29 is 14.2 Å². The third kappa shape index (κ3) is 3.65. The van der Waals surface area contributed by atoms with Crippen molar-refractivity contribution in [2.45, 2.75) is 33.6 Å². The van der Waals surface area contributed by atoms with E-state index in [0.29, 0.717) is 29.0 Å². The Morgan fingerprint density at radius 2 is 1.96 bits per heavy atom. The molecule has 0 radical (unpaired) electrons. The summed E-state index contributed by atoms with van der Waals surface area (Å²) in [7, 11) is 3.02. The summed E-state index contributed by atoms with van der Waals surface area (Å²) < 4.78 is 22.4. The normalized spacial score (nSPS) is 13.3. The number of hydrogen-bond donors (Lipinski definition) is 1. The Labute approximate surface area is 156 Å². The fourth-order valence-electron chi connectivity index (χ4n) is 3.08. The Morgan fingerprint density at radius 3 is 2.59 bits per heavy atom. The van der Waals surface area contributed by atoms with Crippen LogP contribution in [0.2, 0.25) is 0 Å². The Hall–Kier alpha value is -2.51. The highest BCUT2D eigenvalue weighted by atomic mass is 19.1. The van der Waals surface area contributed by atoms with Crippen LogP contribution in [0.3, 0.4) is 0 Å². The SMILES string of the molecule is COC(O)c1ccc(F)c(-c2ccc3c(n2)n(C)c(=O)n3CC(C)(C)C)c1. The van der Waals surface area contributed by atoms with Crippen LogP contribution in [0.4, 0.5) is 4.39 Å². The van der Waals surface area contributed by atoms with Crippen LogP contribution in [0, 0.1) is 11.2 Å². The highest BCUT2D eigenvalue weighted by Crippen LogP contribution is 2.27. The number of methoxy groups -OCH3 is 1. The standard InChI is InChI=1S/C20H24FN3O3/c1-20(2,3)11-24-16-9-8-15(22-17(16)23(4)19(24)26)13-10-12(18(25)27-5)6-7-14(13)21/h6-10,18,25H,11H2,1-5H3. The molecule has 7 heteroatoms. The lowest BCUT2D eigenvalue weighted by Crippen LogP contribution is -2.27. The van der Waals surface area contributed by atoms with Crippen molar-refractivity contribution in [2.24, 2.45) is 12.5 Å². The molecule has 1 atom stereocenters. The fourth-order valence-corrected chi connectivity index (χ4v) is 3.08. The van der Waals surface area contributed by atoms with Crippen LogP contribution < -0.4 is 5.69 Å². The van der Waals surface area contributed by atoms with Crippen molar-refractivity contribution >= 4 is 11.2 Å². The first-order chi connectivity index (χ1) is 12.6. The molecule has 27 heavy (non-hydrogen) atoms. The van der Waals surface area contributed by atoms with Gasteiger partial charge in [0.2, 0.25) is 0 Å². The number of halogens is 1. The summed E-state index contributed by atoms with van der Waals surface area (Å²) in [6.07, 6.45) is -1.15. The van der Waals surface area contributed by atoms with Crippen LogP contribution >= 0.6 is 0 Å². The molecule has 1 aromatic carbocycles. The lowest BCUT2D eigenvalue weighted by Gasteiger charge is -2.18. The minimum Gasteiger partial charge on any atom is -0.364 e. The van der Waals surface area contributed by atoms with Gasteiger partial charge in [0.1, 0.15) is 5.82 Å². The number of imidazole rings is 1. The minimum atomic E-state index is -1.15. The third-order valence-corrected chi connectivity index (χ3v) is 4.39. The minimum absolute atomic E-state index is 0.0759. The Balaban J connectivity index is 2.16. The number of benzene rings is 1. The maximum absolute atomic E-state index is 14.4. The van der Waals surface area contributed by atoms with Crippen molar-refractivity contribution in [3.63, 3.8) is 0 Å². The van der Waals surface area contributed by atoms with E-state index in [1.54, 1.807) is 23.7 Å². The maximum Gasteiger partial charge on any atom is 0.330 e. The number of fused-ring (bicyclic) bond motifs is 1. The number of aliphatic hydroxyl groups excluding tert-OH is 1. The zero-order chi connectivity index (χ0) is 19.9. The van der Waals surface area contributed by atoms with Gasteiger partial charge in [-0.05, 0) is 29.7 Å². The summed E-state index contributed by atoms with van der Waals surface area (Å²) in [4.78, 5) is 17.1. The van der Waals surface area contributed by atoms with E-state index >= 15 is 0 Å². The molecule has 6 nitrogen and oxygen atoms in total. The topological polar surface area (TPSA) is 69.3 Å².